The quantitative estimate of drug-likeness (QED) is 0.454. The summed E-state index contributed by atoms with van der Waals surface area (Å²) in [5.74, 6) is 1.58. The molecule has 33 heavy (non-hydrogen) atoms. The summed E-state index contributed by atoms with van der Waals surface area (Å²) in [6, 6.07) is 5.77. The van der Waals surface area contributed by atoms with Gasteiger partial charge in [-0.15, -0.1) is 0 Å². The lowest BCUT2D eigenvalue weighted by molar-refractivity contribution is 0.175. The summed E-state index contributed by atoms with van der Waals surface area (Å²) in [6.45, 7) is 22.2. The number of para-hydroxylation sites is 1. The van der Waals surface area contributed by atoms with Gasteiger partial charge in [0.25, 0.3) is 0 Å². The number of allylic oxidation sites excluding steroid dienone is 1. The fraction of sp³-hybridized carbons (Fsp3) is 0.517. The lowest BCUT2D eigenvalue weighted by Crippen LogP contribution is -2.34. The van der Waals surface area contributed by atoms with E-state index in [9.17, 15) is 4.39 Å². The molecule has 2 rings (SSSR count). The third-order valence-corrected chi connectivity index (χ3v) is 5.27. The lowest BCUT2D eigenvalue weighted by Gasteiger charge is -2.24. The SMILES string of the molecule is C.C=C(C)/C=c1/c(C)nc(C)nc1=C(C)C.CCCOc1c(CC)cccc1C(C)(F)CC. The van der Waals surface area contributed by atoms with Crippen LogP contribution in [-0.4, -0.2) is 16.6 Å². The van der Waals surface area contributed by atoms with E-state index in [1.54, 1.807) is 6.92 Å². The number of ether oxygens (including phenoxy) is 1. The summed E-state index contributed by atoms with van der Waals surface area (Å²) in [4.78, 5) is 8.84. The molecule has 1 aromatic carbocycles. The average Bonchev–Trinajstić information content (AvgIpc) is 2.73. The van der Waals surface area contributed by atoms with Crippen molar-refractivity contribution in [3.8, 4) is 5.75 Å². The normalized spacial score (nSPS) is 12.7. The molecule has 0 aliphatic rings. The smallest absolute Gasteiger partial charge is 0.136 e. The highest BCUT2D eigenvalue weighted by atomic mass is 19.1. The van der Waals surface area contributed by atoms with Gasteiger partial charge in [-0.3, -0.25) is 0 Å². The van der Waals surface area contributed by atoms with E-state index in [2.05, 4.69) is 44.2 Å². The van der Waals surface area contributed by atoms with Gasteiger partial charge in [-0.1, -0.05) is 58.5 Å². The minimum absolute atomic E-state index is 0. The summed E-state index contributed by atoms with van der Waals surface area (Å²) in [7, 11) is 0. The first kappa shape index (κ1) is 30.5. The number of nitrogens with zero attached hydrogens (tertiary/aromatic N) is 2. The second kappa shape index (κ2) is 13.9. The zero-order valence-electron chi connectivity index (χ0n) is 21.5. The van der Waals surface area contributed by atoms with Crippen LogP contribution >= 0.6 is 0 Å². The number of halogens is 1. The van der Waals surface area contributed by atoms with E-state index in [-0.39, 0.29) is 7.43 Å². The molecule has 0 aliphatic carbocycles. The van der Waals surface area contributed by atoms with Crippen molar-refractivity contribution in [2.24, 2.45) is 0 Å². The van der Waals surface area contributed by atoms with Gasteiger partial charge in [-0.05, 0) is 78.0 Å². The zero-order chi connectivity index (χ0) is 24.5. The first-order valence-corrected chi connectivity index (χ1v) is 11.6. The number of aryl methyl sites for hydroxylation is 3. The highest BCUT2D eigenvalue weighted by molar-refractivity contribution is 5.47. The molecule has 2 aromatic rings. The molecule has 0 fully saturated rings. The van der Waals surface area contributed by atoms with Crippen molar-refractivity contribution >= 4 is 11.6 Å². The molecule has 1 unspecified atom stereocenters. The van der Waals surface area contributed by atoms with E-state index >= 15 is 0 Å². The van der Waals surface area contributed by atoms with Gasteiger partial charge in [-0.2, -0.15) is 0 Å². The molecule has 3 nitrogen and oxygen atoms in total. The first-order chi connectivity index (χ1) is 15.0. The van der Waals surface area contributed by atoms with Crippen molar-refractivity contribution in [2.45, 2.75) is 94.7 Å². The fourth-order valence-electron chi connectivity index (χ4n) is 3.36. The predicted octanol–water partition coefficient (Wildman–Crippen LogP) is 6.91. The predicted molar refractivity (Wildman–Crippen MR) is 142 cm³/mol. The maximum Gasteiger partial charge on any atom is 0.136 e. The molecule has 0 bridgehead atoms. The molecule has 1 heterocycles. The minimum Gasteiger partial charge on any atom is -0.493 e. The van der Waals surface area contributed by atoms with E-state index in [0.717, 1.165) is 51.8 Å². The van der Waals surface area contributed by atoms with E-state index in [1.807, 2.05) is 52.0 Å². The zero-order valence-corrected chi connectivity index (χ0v) is 21.5. The van der Waals surface area contributed by atoms with Crippen molar-refractivity contribution in [3.05, 3.63) is 63.6 Å². The second-order valence-electron chi connectivity index (χ2n) is 8.66. The van der Waals surface area contributed by atoms with Crippen LogP contribution in [0.4, 0.5) is 4.39 Å². The molecule has 0 saturated heterocycles. The standard InChI is InChI=1S/C15H23FO.C13H18N2.CH4/c1-5-11-17-14-12(6-2)9-8-10-13(14)15(4,16)7-3;1-8(2)7-12-10(5)14-11(6)15-13(12)9(3)4;/h8-10H,5-7,11H2,1-4H3;7H,1H2,2-6H3;1H4/b;12-7-;. The molecule has 184 valence electrons. The molecule has 0 N–H and O–H groups in total. The maximum absolute atomic E-state index is 14.5. The van der Waals surface area contributed by atoms with Crippen molar-refractivity contribution in [3.63, 3.8) is 0 Å². The number of alkyl halides is 1. The number of rotatable bonds is 7. The molecule has 0 spiro atoms. The monoisotopic (exact) mass is 456 g/mol. The van der Waals surface area contributed by atoms with Gasteiger partial charge in [0.2, 0.25) is 0 Å². The topological polar surface area (TPSA) is 35.0 Å². The largest absolute Gasteiger partial charge is 0.493 e. The second-order valence-corrected chi connectivity index (χ2v) is 8.66. The van der Waals surface area contributed by atoms with Crippen LogP contribution in [0.3, 0.4) is 0 Å². The van der Waals surface area contributed by atoms with Crippen molar-refractivity contribution in [1.82, 2.24) is 9.97 Å². The molecule has 0 radical (unpaired) electrons. The molecular weight excluding hydrogens is 411 g/mol. The summed E-state index contributed by atoms with van der Waals surface area (Å²) in [5.41, 5.74) is 3.71. The summed E-state index contributed by atoms with van der Waals surface area (Å²) in [5, 5.41) is 2.12. The Morgan fingerprint density at radius 1 is 1.12 bits per heavy atom. The van der Waals surface area contributed by atoms with Crippen molar-refractivity contribution < 1.29 is 9.13 Å². The Hall–Kier alpha value is -2.49. The highest BCUT2D eigenvalue weighted by Crippen LogP contribution is 2.38. The van der Waals surface area contributed by atoms with Crippen LogP contribution in [0.15, 0.2) is 30.4 Å². The maximum atomic E-state index is 14.5. The van der Waals surface area contributed by atoms with E-state index < -0.39 is 5.67 Å². The van der Waals surface area contributed by atoms with Crippen LogP contribution in [0.1, 0.15) is 91.4 Å². The third kappa shape index (κ3) is 8.75. The van der Waals surface area contributed by atoms with E-state index in [4.69, 9.17) is 4.74 Å². The van der Waals surface area contributed by atoms with E-state index in [0.29, 0.717) is 18.6 Å². The third-order valence-electron chi connectivity index (χ3n) is 5.27. The molecule has 1 aromatic heterocycles. The van der Waals surface area contributed by atoms with Gasteiger partial charge >= 0.3 is 0 Å². The Balaban J connectivity index is 0.000000607. The van der Waals surface area contributed by atoms with Gasteiger partial charge in [0.15, 0.2) is 0 Å². The number of hydrogen-bond donors (Lipinski definition) is 0. The summed E-state index contributed by atoms with van der Waals surface area (Å²) in [6.07, 6.45) is 4.30. The van der Waals surface area contributed by atoms with Crippen LogP contribution < -0.4 is 15.3 Å². The molecule has 1 atom stereocenters. The average molecular weight is 457 g/mol. The van der Waals surface area contributed by atoms with Crippen molar-refractivity contribution in [2.75, 3.05) is 6.61 Å². The molecule has 4 heteroatoms. The molecule has 0 saturated carbocycles. The number of hydrogen-bond acceptors (Lipinski definition) is 3. The Kier molecular flexibility index (Phi) is 12.9. The van der Waals surface area contributed by atoms with Gasteiger partial charge in [0.1, 0.15) is 17.2 Å². The van der Waals surface area contributed by atoms with Crippen LogP contribution in [0.5, 0.6) is 5.75 Å². The lowest BCUT2D eigenvalue weighted by atomic mass is 9.92. The number of aromatic nitrogens is 2. The number of benzene rings is 1. The molecular formula is C29H45FN2O. The Bertz CT molecular complexity index is 1030. The highest BCUT2D eigenvalue weighted by Gasteiger charge is 2.28. The Labute approximate surface area is 201 Å². The van der Waals surface area contributed by atoms with Crippen LogP contribution in [0.2, 0.25) is 0 Å². The summed E-state index contributed by atoms with van der Waals surface area (Å²) >= 11 is 0. The molecule has 0 amide bonds. The molecule has 0 aliphatic heterocycles. The van der Waals surface area contributed by atoms with Crippen molar-refractivity contribution in [1.29, 1.82) is 0 Å². The van der Waals surface area contributed by atoms with Gasteiger partial charge < -0.3 is 4.74 Å². The fourth-order valence-corrected chi connectivity index (χ4v) is 3.36. The van der Waals surface area contributed by atoms with Crippen LogP contribution in [0.25, 0.3) is 11.6 Å². The first-order valence-electron chi connectivity index (χ1n) is 11.6. The van der Waals surface area contributed by atoms with Gasteiger partial charge in [0, 0.05) is 16.5 Å². The van der Waals surface area contributed by atoms with Crippen LogP contribution in [-0.2, 0) is 12.1 Å². The minimum atomic E-state index is -1.31. The van der Waals surface area contributed by atoms with E-state index in [1.165, 1.54) is 5.57 Å². The van der Waals surface area contributed by atoms with Crippen LogP contribution in [0, 0.1) is 13.8 Å². The van der Waals surface area contributed by atoms with Gasteiger partial charge in [0.05, 0.1) is 12.0 Å². The Morgan fingerprint density at radius 3 is 2.24 bits per heavy atom. The van der Waals surface area contributed by atoms with Gasteiger partial charge in [-0.25, -0.2) is 14.4 Å². The Morgan fingerprint density at radius 2 is 1.76 bits per heavy atom. The summed E-state index contributed by atoms with van der Waals surface area (Å²) < 4.78 is 20.2.